The van der Waals surface area contributed by atoms with E-state index in [4.69, 9.17) is 16.3 Å². The lowest BCUT2D eigenvalue weighted by Crippen LogP contribution is -2.47. The predicted octanol–water partition coefficient (Wildman–Crippen LogP) is 5.45. The van der Waals surface area contributed by atoms with Gasteiger partial charge < -0.3 is 19.1 Å². The molecule has 36 heavy (non-hydrogen) atoms. The van der Waals surface area contributed by atoms with Crippen LogP contribution in [0.5, 0.6) is 11.5 Å². The molecule has 0 saturated heterocycles. The van der Waals surface area contributed by atoms with Crippen LogP contribution in [0.4, 0.5) is 22.0 Å². The van der Waals surface area contributed by atoms with Crippen LogP contribution < -0.4 is 10.3 Å². The second-order valence-electron chi connectivity index (χ2n) is 7.89. The summed E-state index contributed by atoms with van der Waals surface area (Å²) in [6.07, 6.45) is -4.40. The lowest BCUT2D eigenvalue weighted by Gasteiger charge is -2.37. The van der Waals surface area contributed by atoms with Gasteiger partial charge in [0.05, 0.1) is 12.7 Å². The van der Waals surface area contributed by atoms with Gasteiger partial charge in [-0.25, -0.2) is 13.6 Å². The second-order valence-corrected chi connectivity index (χ2v) is 8.30. The Balaban J connectivity index is 2.02. The Morgan fingerprint density at radius 1 is 1.08 bits per heavy atom. The summed E-state index contributed by atoms with van der Waals surface area (Å²) in [7, 11) is 2.28. The number of rotatable bonds is 6. The van der Waals surface area contributed by atoms with Gasteiger partial charge in [0.25, 0.3) is 0 Å². The van der Waals surface area contributed by atoms with E-state index in [1.165, 1.54) is 7.05 Å². The maximum absolute atomic E-state index is 14.9. The summed E-state index contributed by atoms with van der Waals surface area (Å²) in [5, 5.41) is 10.5. The highest BCUT2D eigenvalue weighted by Crippen LogP contribution is 2.50. The first-order valence-corrected chi connectivity index (χ1v) is 10.6. The molecule has 12 heteroatoms. The van der Waals surface area contributed by atoms with Gasteiger partial charge in [-0.3, -0.25) is 4.79 Å². The molecule has 1 N–H and O–H groups in total. The van der Waals surface area contributed by atoms with Gasteiger partial charge in [-0.2, -0.15) is 13.2 Å². The molecule has 2 aromatic carbocycles. The minimum absolute atomic E-state index is 0.229. The average Bonchev–Trinajstić information content (AvgIpc) is 2.80. The molecule has 1 aromatic heterocycles. The molecular weight excluding hydrogens is 513 g/mol. The van der Waals surface area contributed by atoms with E-state index in [0.717, 1.165) is 61.2 Å². The summed E-state index contributed by atoms with van der Waals surface area (Å²) in [5.41, 5.74) is -5.58. The molecule has 0 aliphatic rings. The molecule has 0 saturated carbocycles. The number of aryl methyl sites for hydroxylation is 1. The van der Waals surface area contributed by atoms with E-state index in [9.17, 15) is 36.6 Å². The molecule has 2 atom stereocenters. The number of ether oxygens (including phenoxy) is 2. The Labute approximate surface area is 206 Å². The van der Waals surface area contributed by atoms with E-state index in [1.54, 1.807) is 0 Å². The largest absolute Gasteiger partial charge is 0.465 e. The predicted molar refractivity (Wildman–Crippen MR) is 119 cm³/mol. The van der Waals surface area contributed by atoms with Gasteiger partial charge in [-0.1, -0.05) is 18.5 Å². The van der Waals surface area contributed by atoms with Gasteiger partial charge >= 0.3 is 12.1 Å². The number of alkyl halides is 3. The summed E-state index contributed by atoms with van der Waals surface area (Å²) in [4.78, 5) is 23.1. The first-order chi connectivity index (χ1) is 16.7. The first kappa shape index (κ1) is 27.2. The van der Waals surface area contributed by atoms with E-state index >= 15 is 0 Å². The highest BCUT2D eigenvalue weighted by molar-refractivity contribution is 6.31. The number of halogens is 6. The van der Waals surface area contributed by atoms with E-state index in [2.05, 4.69) is 4.74 Å². The van der Waals surface area contributed by atoms with Crippen LogP contribution in [0.25, 0.3) is 0 Å². The molecule has 0 spiro atoms. The number of benzene rings is 2. The molecule has 0 amide bonds. The SMILES string of the molecule is COC(=O)c1ccc(Oc2cc(Cl)c(C(C)C(O)(c3ccc(=O)n(C)c3)C(F)(F)F)cc2F)cc1F. The van der Waals surface area contributed by atoms with Crippen molar-refractivity contribution in [3.8, 4) is 11.5 Å². The van der Waals surface area contributed by atoms with Crippen LogP contribution in [0.15, 0.2) is 53.5 Å². The standard InChI is InChI=1S/C24H19ClF5NO5/c1-12(23(34,24(28,29)30)13-4-7-21(32)31(2)11-13)16-9-19(27)20(10-17(16)25)36-14-5-6-15(18(26)8-14)22(33)35-3/h4-12,34H,1-3H3. The minimum atomic E-state index is -5.24. The first-order valence-electron chi connectivity index (χ1n) is 10.2. The molecule has 192 valence electrons. The maximum atomic E-state index is 14.9. The Kier molecular flexibility index (Phi) is 7.47. The van der Waals surface area contributed by atoms with Gasteiger partial charge in [-0.05, 0) is 29.8 Å². The summed E-state index contributed by atoms with van der Waals surface area (Å²) in [6.45, 7) is 1.00. The molecule has 2 unspecified atom stereocenters. The van der Waals surface area contributed by atoms with E-state index in [0.29, 0.717) is 6.07 Å². The van der Waals surface area contributed by atoms with E-state index < -0.39 is 63.3 Å². The smallest absolute Gasteiger partial charge is 0.422 e. The Bertz CT molecular complexity index is 1370. The molecule has 0 bridgehead atoms. The zero-order valence-electron chi connectivity index (χ0n) is 19.0. The van der Waals surface area contributed by atoms with Crippen molar-refractivity contribution in [3.05, 3.63) is 92.4 Å². The number of carbonyl (C=O) groups excluding carboxylic acids is 1. The van der Waals surface area contributed by atoms with Crippen molar-refractivity contribution in [2.75, 3.05) is 7.11 Å². The summed E-state index contributed by atoms with van der Waals surface area (Å²) >= 11 is 6.16. The molecular formula is C24H19ClF5NO5. The molecule has 3 aromatic rings. The topological polar surface area (TPSA) is 77.8 Å². The van der Waals surface area contributed by atoms with E-state index in [-0.39, 0.29) is 10.8 Å². The number of methoxy groups -OCH3 is 1. The molecule has 1 heterocycles. The van der Waals surface area contributed by atoms with Gasteiger partial charge in [0, 0.05) is 47.9 Å². The minimum Gasteiger partial charge on any atom is -0.465 e. The van der Waals surface area contributed by atoms with E-state index in [1.807, 2.05) is 0 Å². The third-order valence-electron chi connectivity index (χ3n) is 5.68. The van der Waals surface area contributed by atoms with Crippen molar-refractivity contribution in [2.45, 2.75) is 24.6 Å². The third-order valence-corrected chi connectivity index (χ3v) is 6.00. The van der Waals surface area contributed by atoms with Crippen LogP contribution in [0.2, 0.25) is 5.02 Å². The van der Waals surface area contributed by atoms with Crippen molar-refractivity contribution >= 4 is 17.6 Å². The Morgan fingerprint density at radius 3 is 2.31 bits per heavy atom. The lowest BCUT2D eigenvalue weighted by molar-refractivity contribution is -0.274. The number of aliphatic hydroxyl groups is 1. The highest BCUT2D eigenvalue weighted by Gasteiger charge is 2.59. The van der Waals surface area contributed by atoms with Crippen LogP contribution in [-0.2, 0) is 17.4 Å². The normalized spacial score (nSPS) is 14.2. The van der Waals surface area contributed by atoms with Crippen molar-refractivity contribution in [1.82, 2.24) is 4.57 Å². The number of esters is 1. The van der Waals surface area contributed by atoms with Crippen molar-refractivity contribution in [3.63, 3.8) is 0 Å². The van der Waals surface area contributed by atoms with Crippen molar-refractivity contribution in [2.24, 2.45) is 7.05 Å². The number of aromatic nitrogens is 1. The molecule has 0 fully saturated rings. The number of hydrogen-bond acceptors (Lipinski definition) is 5. The second kappa shape index (κ2) is 9.90. The molecule has 0 aliphatic heterocycles. The van der Waals surface area contributed by atoms with Crippen LogP contribution >= 0.6 is 11.6 Å². The average molecular weight is 532 g/mol. The third kappa shape index (κ3) is 4.93. The van der Waals surface area contributed by atoms with Gasteiger partial charge in [-0.15, -0.1) is 0 Å². The van der Waals surface area contributed by atoms with Crippen LogP contribution in [0.3, 0.4) is 0 Å². The van der Waals surface area contributed by atoms with Crippen LogP contribution in [0.1, 0.15) is 34.3 Å². The zero-order valence-corrected chi connectivity index (χ0v) is 19.7. The molecule has 3 rings (SSSR count). The fourth-order valence-electron chi connectivity index (χ4n) is 3.62. The molecule has 0 aliphatic carbocycles. The van der Waals surface area contributed by atoms with Gasteiger partial charge in [0.2, 0.25) is 5.56 Å². The van der Waals surface area contributed by atoms with Gasteiger partial charge in [0.1, 0.15) is 11.6 Å². The molecule has 0 radical (unpaired) electrons. The number of nitrogens with zero attached hydrogens (tertiary/aromatic N) is 1. The highest BCUT2D eigenvalue weighted by atomic mass is 35.5. The maximum Gasteiger partial charge on any atom is 0.422 e. The monoisotopic (exact) mass is 531 g/mol. The van der Waals surface area contributed by atoms with Crippen LogP contribution in [0, 0.1) is 11.6 Å². The summed E-state index contributed by atoms with van der Waals surface area (Å²) in [6, 6.07) is 6.23. The molecule has 6 nitrogen and oxygen atoms in total. The van der Waals surface area contributed by atoms with Crippen molar-refractivity contribution < 1.29 is 41.3 Å². The van der Waals surface area contributed by atoms with Crippen LogP contribution in [-0.4, -0.2) is 28.9 Å². The number of pyridine rings is 1. The fraction of sp³-hybridized carbons (Fsp3) is 0.250. The zero-order chi connectivity index (χ0) is 27.0. The van der Waals surface area contributed by atoms with Gasteiger partial charge in [0.15, 0.2) is 17.2 Å². The summed E-state index contributed by atoms with van der Waals surface area (Å²) in [5.74, 6) is -5.70. The number of hydrogen-bond donors (Lipinski definition) is 1. The Morgan fingerprint density at radius 2 is 1.75 bits per heavy atom. The summed E-state index contributed by atoms with van der Waals surface area (Å²) < 4.78 is 82.0. The fourth-order valence-corrected chi connectivity index (χ4v) is 3.94. The lowest BCUT2D eigenvalue weighted by atomic mass is 9.78. The number of carbonyl (C=O) groups is 1. The van der Waals surface area contributed by atoms with Crippen molar-refractivity contribution in [1.29, 1.82) is 0 Å². The Hall–Kier alpha value is -3.44. The quantitative estimate of drug-likeness (QED) is 0.338.